The molecule has 0 spiro atoms. The summed E-state index contributed by atoms with van der Waals surface area (Å²) in [7, 11) is 0. The number of H-pyrrole nitrogens is 1. The van der Waals surface area contributed by atoms with Gasteiger partial charge in [0.1, 0.15) is 0 Å². The number of aryl methyl sites for hydroxylation is 1. The molecule has 43 heavy (non-hydrogen) atoms. The molecule has 0 amide bonds. The average Bonchev–Trinajstić information content (AvgIpc) is 3.51. The van der Waals surface area contributed by atoms with Crippen LogP contribution in [0.3, 0.4) is 0 Å². The fourth-order valence-electron chi connectivity index (χ4n) is 6.60. The number of nitrogens with two attached hydrogens (primary N) is 2. The Bertz CT molecular complexity index is 1350. The molecule has 232 valence electrons. The van der Waals surface area contributed by atoms with Gasteiger partial charge in [-0.25, -0.2) is 9.79 Å². The monoisotopic (exact) mass is 586 g/mol. The maximum Gasteiger partial charge on any atom is 0.328 e. The Morgan fingerprint density at radius 1 is 1.00 bits per heavy atom. The summed E-state index contributed by atoms with van der Waals surface area (Å²) in [6, 6.07) is 16.8. The van der Waals surface area contributed by atoms with Gasteiger partial charge in [0.2, 0.25) is 0 Å². The Morgan fingerprint density at radius 3 is 2.35 bits per heavy atom. The van der Waals surface area contributed by atoms with Crippen LogP contribution in [-0.2, 0) is 11.2 Å². The number of carbonyl (C=O) groups is 1. The van der Waals surface area contributed by atoms with Crippen molar-refractivity contribution >= 4 is 28.5 Å². The van der Waals surface area contributed by atoms with Crippen molar-refractivity contribution in [2.75, 3.05) is 13.2 Å². The van der Waals surface area contributed by atoms with Gasteiger partial charge in [-0.05, 0) is 77.5 Å². The number of aliphatic carboxylic acids is 1. The highest BCUT2D eigenvalue weighted by Crippen LogP contribution is 2.45. The summed E-state index contributed by atoms with van der Waals surface area (Å²) < 4.78 is 0. The van der Waals surface area contributed by atoms with Crippen LogP contribution in [-0.4, -0.2) is 46.3 Å². The number of guanidine groups is 1. The largest absolute Gasteiger partial charge is 0.478 e. The number of nitrogens with zero attached hydrogens (tertiary/aromatic N) is 2. The standard InChI is InChI=1S/C35H48N5O3/c36-35(37)39-24-29(23-34(42)43)32(40-33-15-11-18-38-33)22-28-17-16-27-20-25-12-8-9-13-26(25)21-31(27)30(28)14-7-5-3-1-2-4-6-10-19-41/h8-9,11-13,15,18,20-21,23,28,30,32,38,41H,1-7,10,14,16-17,19,22,24H2,(H,42,43)(H4,36,37,39)/q-1/b29-23+/t28-,30-,32+/m1/s1. The van der Waals surface area contributed by atoms with E-state index in [0.717, 1.165) is 44.9 Å². The number of aromatic amines is 1. The lowest BCUT2D eigenvalue weighted by atomic mass is 9.69. The van der Waals surface area contributed by atoms with E-state index in [1.165, 1.54) is 60.1 Å². The third-order valence-corrected chi connectivity index (χ3v) is 8.77. The van der Waals surface area contributed by atoms with Crippen LogP contribution in [0.1, 0.15) is 87.7 Å². The Morgan fingerprint density at radius 2 is 1.70 bits per heavy atom. The van der Waals surface area contributed by atoms with Crippen LogP contribution in [0.2, 0.25) is 0 Å². The minimum atomic E-state index is -1.03. The van der Waals surface area contributed by atoms with Gasteiger partial charge >= 0.3 is 5.97 Å². The van der Waals surface area contributed by atoms with Crippen LogP contribution < -0.4 is 11.5 Å². The number of unbranched alkanes of at least 4 members (excludes halogenated alkanes) is 7. The molecule has 8 heteroatoms. The molecule has 2 aromatic carbocycles. The summed E-state index contributed by atoms with van der Waals surface area (Å²) in [5.74, 6) is 0.324. The summed E-state index contributed by atoms with van der Waals surface area (Å²) in [5, 5.41) is 26.2. The first kappa shape index (κ1) is 32.1. The minimum absolute atomic E-state index is 0.0698. The van der Waals surface area contributed by atoms with Gasteiger partial charge < -0.3 is 32.0 Å². The molecule has 7 N–H and O–H groups in total. The highest BCUT2D eigenvalue weighted by molar-refractivity contribution is 5.84. The number of fused-ring (bicyclic) bond motifs is 2. The molecule has 0 aliphatic heterocycles. The minimum Gasteiger partial charge on any atom is -0.478 e. The van der Waals surface area contributed by atoms with Crippen LogP contribution in [0.15, 0.2) is 71.4 Å². The number of hydrogen-bond donors (Lipinski definition) is 5. The fourth-order valence-corrected chi connectivity index (χ4v) is 6.60. The number of aliphatic hydroxyl groups is 1. The number of carboxylic acids is 1. The Kier molecular flexibility index (Phi) is 12.5. The van der Waals surface area contributed by atoms with E-state index in [1.807, 2.05) is 18.3 Å². The molecule has 0 bridgehead atoms. The van der Waals surface area contributed by atoms with Crippen molar-refractivity contribution in [2.24, 2.45) is 22.4 Å². The molecular weight excluding hydrogens is 538 g/mol. The molecule has 0 saturated carbocycles. The van der Waals surface area contributed by atoms with Crippen LogP contribution in [0.25, 0.3) is 16.1 Å². The molecule has 1 aliphatic rings. The number of aliphatic imine (C=N–C) groups is 1. The van der Waals surface area contributed by atoms with Crippen molar-refractivity contribution in [1.82, 2.24) is 4.98 Å². The third kappa shape index (κ3) is 9.89. The maximum absolute atomic E-state index is 11.9. The molecule has 1 aromatic heterocycles. The molecule has 3 atom stereocenters. The molecule has 0 unspecified atom stereocenters. The molecule has 0 radical (unpaired) electrons. The van der Waals surface area contributed by atoms with Crippen LogP contribution in [0, 0.1) is 5.92 Å². The van der Waals surface area contributed by atoms with E-state index < -0.39 is 5.97 Å². The molecule has 1 aliphatic carbocycles. The van der Waals surface area contributed by atoms with Gasteiger partial charge in [-0.2, -0.15) is 0 Å². The first-order valence-electron chi connectivity index (χ1n) is 15.9. The molecule has 1 heterocycles. The summed E-state index contributed by atoms with van der Waals surface area (Å²) in [5.41, 5.74) is 14.7. The van der Waals surface area contributed by atoms with Crippen LogP contribution in [0.4, 0.5) is 5.82 Å². The van der Waals surface area contributed by atoms with Gasteiger partial charge in [0.25, 0.3) is 0 Å². The zero-order valence-electron chi connectivity index (χ0n) is 25.3. The van der Waals surface area contributed by atoms with Crippen molar-refractivity contribution in [3.8, 4) is 0 Å². The van der Waals surface area contributed by atoms with Crippen molar-refractivity contribution in [3.63, 3.8) is 0 Å². The lowest BCUT2D eigenvalue weighted by molar-refractivity contribution is -0.131. The summed E-state index contributed by atoms with van der Waals surface area (Å²) in [6.07, 6.45) is 16.2. The summed E-state index contributed by atoms with van der Waals surface area (Å²) in [4.78, 5) is 19.2. The molecule has 8 nitrogen and oxygen atoms in total. The zero-order valence-corrected chi connectivity index (χ0v) is 25.3. The maximum atomic E-state index is 11.9. The van der Waals surface area contributed by atoms with Gasteiger partial charge in [-0.15, -0.1) is 0 Å². The predicted molar refractivity (Wildman–Crippen MR) is 176 cm³/mol. The Hall–Kier alpha value is -3.78. The van der Waals surface area contributed by atoms with Crippen LogP contribution >= 0.6 is 0 Å². The first-order valence-corrected chi connectivity index (χ1v) is 15.9. The van der Waals surface area contributed by atoms with Crippen LogP contribution in [0.5, 0.6) is 0 Å². The first-order chi connectivity index (χ1) is 20.9. The Balaban J connectivity index is 1.56. The van der Waals surface area contributed by atoms with E-state index in [4.69, 9.17) is 21.9 Å². The molecule has 0 fully saturated rings. The van der Waals surface area contributed by atoms with E-state index in [9.17, 15) is 9.90 Å². The van der Waals surface area contributed by atoms with Gasteiger partial charge in [0.05, 0.1) is 6.54 Å². The zero-order chi connectivity index (χ0) is 30.4. The van der Waals surface area contributed by atoms with E-state index in [-0.39, 0.29) is 18.5 Å². The van der Waals surface area contributed by atoms with Crippen molar-refractivity contribution in [2.45, 2.75) is 89.0 Å². The number of rotatable bonds is 18. The van der Waals surface area contributed by atoms with Crippen molar-refractivity contribution in [3.05, 3.63) is 82.8 Å². The van der Waals surface area contributed by atoms with E-state index in [2.05, 4.69) is 46.4 Å². The van der Waals surface area contributed by atoms with Crippen molar-refractivity contribution in [1.29, 1.82) is 0 Å². The number of nitrogens with one attached hydrogen (secondary N) is 1. The van der Waals surface area contributed by atoms with Crippen molar-refractivity contribution < 1.29 is 15.0 Å². The van der Waals surface area contributed by atoms with Gasteiger partial charge in [0, 0.05) is 12.7 Å². The number of aromatic nitrogens is 1. The third-order valence-electron chi connectivity index (χ3n) is 8.77. The SMILES string of the molecule is NC(N)=NC/C(=C\C(=O)O)[C@H](C[C@H]1CCc2cc3ccccc3cc2[C@@H]1CCCCCCCCCCO)[N-]c1ccc[nH]1. The number of hydrogen-bond acceptors (Lipinski definition) is 3. The average molecular weight is 587 g/mol. The number of benzene rings is 2. The lowest BCUT2D eigenvalue weighted by Gasteiger charge is -2.38. The molecule has 0 saturated heterocycles. The van der Waals surface area contributed by atoms with Gasteiger partial charge in [-0.3, -0.25) is 0 Å². The molecule has 3 aromatic rings. The summed E-state index contributed by atoms with van der Waals surface area (Å²) in [6.45, 7) is 0.390. The molecular formula is C35H48N5O3-. The molecule has 4 rings (SSSR count). The van der Waals surface area contributed by atoms with E-state index in [1.54, 1.807) is 0 Å². The second-order valence-electron chi connectivity index (χ2n) is 11.9. The summed E-state index contributed by atoms with van der Waals surface area (Å²) >= 11 is 0. The smallest absolute Gasteiger partial charge is 0.328 e. The van der Waals surface area contributed by atoms with Gasteiger partial charge in [0.15, 0.2) is 5.96 Å². The lowest BCUT2D eigenvalue weighted by Crippen LogP contribution is -2.28. The highest BCUT2D eigenvalue weighted by Gasteiger charge is 2.31. The predicted octanol–water partition coefficient (Wildman–Crippen LogP) is 7.07. The second-order valence-corrected chi connectivity index (χ2v) is 11.9. The van der Waals surface area contributed by atoms with E-state index in [0.29, 0.717) is 29.8 Å². The van der Waals surface area contributed by atoms with Gasteiger partial charge in [-0.1, -0.05) is 105 Å². The number of aliphatic hydroxyl groups excluding tert-OH is 1. The second kappa shape index (κ2) is 16.8. The van der Waals surface area contributed by atoms with E-state index >= 15 is 0 Å². The normalized spacial score (nSPS) is 17.4. The highest BCUT2D eigenvalue weighted by atomic mass is 16.4. The Labute approximate surface area is 255 Å². The number of carboxylic acid groups (broad SMARTS) is 1. The quantitative estimate of drug-likeness (QED) is 0.0467. The topological polar surface area (TPSA) is 152 Å². The fraction of sp³-hybridized carbons (Fsp3) is 0.486.